The van der Waals surface area contributed by atoms with E-state index in [0.29, 0.717) is 24.0 Å². The van der Waals surface area contributed by atoms with Crippen LogP contribution in [0.2, 0.25) is 0 Å². The number of carbonyl (C=O) groups is 1. The van der Waals surface area contributed by atoms with Gasteiger partial charge in [0.15, 0.2) is 0 Å². The minimum Gasteiger partial charge on any atom is -0.424 e. The highest BCUT2D eigenvalue weighted by Crippen LogP contribution is 2.20. The summed E-state index contributed by atoms with van der Waals surface area (Å²) in [5, 5.41) is 8.00. The highest BCUT2D eigenvalue weighted by atomic mass is 16.4. The molecule has 1 fully saturated rings. The molecule has 122 valence electrons. The zero-order valence-electron chi connectivity index (χ0n) is 13.5. The Morgan fingerprint density at radius 1 is 1.22 bits per heavy atom. The van der Waals surface area contributed by atoms with E-state index in [0.717, 1.165) is 26.1 Å². The maximum atomic E-state index is 12.5. The number of nitrogens with zero attached hydrogens (tertiary/aromatic N) is 5. The lowest BCUT2D eigenvalue weighted by Gasteiger charge is -2.25. The average Bonchev–Trinajstić information content (AvgIpc) is 2.87. The first kappa shape index (κ1) is 15.6. The van der Waals surface area contributed by atoms with E-state index in [1.165, 1.54) is 0 Å². The zero-order valence-corrected chi connectivity index (χ0v) is 13.5. The summed E-state index contributed by atoms with van der Waals surface area (Å²) in [5.41, 5.74) is 0.501. The van der Waals surface area contributed by atoms with Crippen LogP contribution in [0.1, 0.15) is 41.7 Å². The molecule has 0 aliphatic carbocycles. The van der Waals surface area contributed by atoms with E-state index >= 15 is 0 Å². The minimum atomic E-state index is -0.00580. The van der Waals surface area contributed by atoms with E-state index in [1.54, 1.807) is 19.2 Å². The molecule has 2 aromatic rings. The Labute approximate surface area is 135 Å². The summed E-state index contributed by atoms with van der Waals surface area (Å²) in [4.78, 5) is 20.8. The van der Waals surface area contributed by atoms with Gasteiger partial charge in [-0.1, -0.05) is 6.07 Å². The average molecular weight is 315 g/mol. The van der Waals surface area contributed by atoms with E-state index in [4.69, 9.17) is 4.42 Å². The fourth-order valence-electron chi connectivity index (χ4n) is 2.82. The first-order valence-electron chi connectivity index (χ1n) is 7.89. The van der Waals surface area contributed by atoms with Gasteiger partial charge in [0.05, 0.1) is 6.04 Å². The van der Waals surface area contributed by atoms with Crippen LogP contribution in [0.15, 0.2) is 28.8 Å². The maximum Gasteiger partial charge on any atom is 0.272 e. The fourth-order valence-corrected chi connectivity index (χ4v) is 2.82. The molecule has 0 saturated carbocycles. The number of hydrogen-bond acceptors (Lipinski definition) is 6. The van der Waals surface area contributed by atoms with Crippen molar-refractivity contribution in [1.29, 1.82) is 0 Å². The number of amides is 1. The molecule has 1 amide bonds. The van der Waals surface area contributed by atoms with E-state index in [1.807, 2.05) is 17.0 Å². The van der Waals surface area contributed by atoms with Gasteiger partial charge in [-0.05, 0) is 25.5 Å². The van der Waals surface area contributed by atoms with Crippen LogP contribution in [0.25, 0.3) is 0 Å². The number of aryl methyl sites for hydroxylation is 1. The molecule has 0 spiro atoms. The van der Waals surface area contributed by atoms with Gasteiger partial charge in [-0.2, -0.15) is 0 Å². The van der Waals surface area contributed by atoms with Gasteiger partial charge >= 0.3 is 0 Å². The first-order chi connectivity index (χ1) is 11.1. The van der Waals surface area contributed by atoms with Gasteiger partial charge in [0.25, 0.3) is 5.91 Å². The van der Waals surface area contributed by atoms with Crippen LogP contribution in [-0.2, 0) is 0 Å². The third-order valence-electron chi connectivity index (χ3n) is 4.15. The van der Waals surface area contributed by atoms with Crippen LogP contribution >= 0.6 is 0 Å². The van der Waals surface area contributed by atoms with E-state index in [2.05, 4.69) is 27.0 Å². The Kier molecular flexibility index (Phi) is 4.66. The lowest BCUT2D eigenvalue weighted by atomic mass is 10.2. The molecule has 0 unspecified atom stereocenters. The molecular weight excluding hydrogens is 294 g/mol. The van der Waals surface area contributed by atoms with Crippen molar-refractivity contribution in [3.63, 3.8) is 0 Å². The van der Waals surface area contributed by atoms with Crippen molar-refractivity contribution in [3.8, 4) is 0 Å². The zero-order chi connectivity index (χ0) is 16.2. The molecule has 7 nitrogen and oxygen atoms in total. The summed E-state index contributed by atoms with van der Waals surface area (Å²) >= 11 is 0. The third kappa shape index (κ3) is 3.56. The Hall–Kier alpha value is -2.28. The van der Waals surface area contributed by atoms with E-state index in [9.17, 15) is 4.79 Å². The second kappa shape index (κ2) is 6.87. The molecule has 1 atom stereocenters. The fraction of sp³-hybridized carbons (Fsp3) is 0.500. The molecular formula is C16H21N5O2. The summed E-state index contributed by atoms with van der Waals surface area (Å²) in [5.74, 6) is 1.20. The molecule has 0 N–H and O–H groups in total. The van der Waals surface area contributed by atoms with Gasteiger partial charge in [0.2, 0.25) is 11.8 Å². The van der Waals surface area contributed by atoms with Crippen LogP contribution in [0, 0.1) is 6.92 Å². The van der Waals surface area contributed by atoms with Crippen molar-refractivity contribution in [2.75, 3.05) is 26.2 Å². The summed E-state index contributed by atoms with van der Waals surface area (Å²) in [6, 6.07) is 5.47. The van der Waals surface area contributed by atoms with Crippen molar-refractivity contribution < 1.29 is 9.21 Å². The van der Waals surface area contributed by atoms with Gasteiger partial charge in [-0.15, -0.1) is 10.2 Å². The molecule has 2 aromatic heterocycles. The van der Waals surface area contributed by atoms with Crippen LogP contribution in [0.4, 0.5) is 0 Å². The lowest BCUT2D eigenvalue weighted by Crippen LogP contribution is -2.36. The van der Waals surface area contributed by atoms with Crippen LogP contribution in [0.3, 0.4) is 0 Å². The van der Waals surface area contributed by atoms with Crippen molar-refractivity contribution in [2.24, 2.45) is 0 Å². The van der Waals surface area contributed by atoms with Crippen LogP contribution < -0.4 is 0 Å². The molecule has 0 aromatic carbocycles. The topological polar surface area (TPSA) is 75.4 Å². The van der Waals surface area contributed by atoms with Crippen LogP contribution in [-0.4, -0.2) is 57.1 Å². The minimum absolute atomic E-state index is 0.00580. The number of carbonyl (C=O) groups excluding carboxylic acids is 1. The highest BCUT2D eigenvalue weighted by Gasteiger charge is 2.26. The third-order valence-corrected chi connectivity index (χ3v) is 4.15. The molecule has 23 heavy (non-hydrogen) atoms. The molecule has 1 aliphatic heterocycles. The summed E-state index contributed by atoms with van der Waals surface area (Å²) in [6.07, 6.45) is 2.56. The first-order valence-corrected chi connectivity index (χ1v) is 7.89. The molecule has 1 saturated heterocycles. The number of aromatic nitrogens is 3. The lowest BCUT2D eigenvalue weighted by molar-refractivity contribution is 0.0751. The molecule has 3 rings (SSSR count). The molecule has 3 heterocycles. The standard InChI is InChI=1S/C16H21N5O2/c1-12(15-19-18-13(2)23-15)20-8-5-9-21(11-10-20)16(22)14-6-3-4-7-17-14/h3-4,6-7,12H,5,8-11H2,1-2H3/t12-/m0/s1. The number of rotatable bonds is 3. The van der Waals surface area contributed by atoms with E-state index in [-0.39, 0.29) is 11.9 Å². The van der Waals surface area contributed by atoms with Gasteiger partial charge in [0.1, 0.15) is 5.69 Å². The number of hydrogen-bond donors (Lipinski definition) is 0. The summed E-state index contributed by atoms with van der Waals surface area (Å²) in [6.45, 7) is 6.94. The Bertz CT molecular complexity index is 658. The second-order valence-corrected chi connectivity index (χ2v) is 5.73. The van der Waals surface area contributed by atoms with E-state index < -0.39 is 0 Å². The summed E-state index contributed by atoms with van der Waals surface area (Å²) in [7, 11) is 0. The monoisotopic (exact) mass is 315 g/mol. The normalized spacial score (nSPS) is 17.7. The molecule has 0 bridgehead atoms. The molecule has 1 aliphatic rings. The maximum absolute atomic E-state index is 12.5. The van der Waals surface area contributed by atoms with Gasteiger partial charge in [-0.3, -0.25) is 14.7 Å². The van der Waals surface area contributed by atoms with Gasteiger partial charge < -0.3 is 9.32 Å². The van der Waals surface area contributed by atoms with Crippen molar-refractivity contribution in [2.45, 2.75) is 26.3 Å². The Morgan fingerprint density at radius 2 is 2.09 bits per heavy atom. The molecule has 0 radical (unpaired) electrons. The quantitative estimate of drug-likeness (QED) is 0.858. The Morgan fingerprint density at radius 3 is 2.78 bits per heavy atom. The highest BCUT2D eigenvalue weighted by molar-refractivity contribution is 5.92. The largest absolute Gasteiger partial charge is 0.424 e. The smallest absolute Gasteiger partial charge is 0.272 e. The van der Waals surface area contributed by atoms with Gasteiger partial charge in [0, 0.05) is 39.3 Å². The van der Waals surface area contributed by atoms with Gasteiger partial charge in [-0.25, -0.2) is 0 Å². The number of pyridine rings is 1. The SMILES string of the molecule is Cc1nnc([C@H](C)N2CCCN(C(=O)c3ccccn3)CC2)o1. The van der Waals surface area contributed by atoms with Crippen LogP contribution in [0.5, 0.6) is 0 Å². The van der Waals surface area contributed by atoms with Crippen molar-refractivity contribution in [3.05, 3.63) is 41.9 Å². The summed E-state index contributed by atoms with van der Waals surface area (Å²) < 4.78 is 5.53. The molecule has 7 heteroatoms. The Balaban J connectivity index is 1.64. The second-order valence-electron chi connectivity index (χ2n) is 5.73. The predicted octanol–water partition coefficient (Wildman–Crippen LogP) is 1.68. The van der Waals surface area contributed by atoms with Crippen molar-refractivity contribution in [1.82, 2.24) is 25.0 Å². The predicted molar refractivity (Wildman–Crippen MR) is 83.8 cm³/mol. The van der Waals surface area contributed by atoms with Crippen molar-refractivity contribution >= 4 is 5.91 Å².